The second kappa shape index (κ2) is 5.81. The lowest BCUT2D eigenvalue weighted by Gasteiger charge is -2.27. The van der Waals surface area contributed by atoms with Gasteiger partial charge >= 0.3 is 6.98 Å². The number of anilines is 3. The number of pyridine rings is 1. The Labute approximate surface area is 152 Å². The molecule has 0 fully saturated rings. The molecule has 0 radical (unpaired) electrons. The third kappa shape index (κ3) is 2.37. The summed E-state index contributed by atoms with van der Waals surface area (Å²) in [6, 6.07) is 25.0. The van der Waals surface area contributed by atoms with Crippen LogP contribution in [0.1, 0.15) is 0 Å². The van der Waals surface area contributed by atoms with Crippen LogP contribution in [-0.4, -0.2) is 12.0 Å². The molecule has 0 atom stereocenters. The van der Waals surface area contributed by atoms with Gasteiger partial charge in [-0.15, -0.1) is 0 Å². The van der Waals surface area contributed by atoms with E-state index in [0.717, 1.165) is 22.5 Å². The van der Waals surface area contributed by atoms with Crippen LogP contribution in [0, 0.1) is 0 Å². The molecule has 26 heavy (non-hydrogen) atoms. The van der Waals surface area contributed by atoms with E-state index in [1.54, 1.807) is 6.20 Å². The summed E-state index contributed by atoms with van der Waals surface area (Å²) in [7, 11) is 0. The lowest BCUT2D eigenvalue weighted by molar-refractivity contribution is 1.34. The smallest absolute Gasteiger partial charge is 0.405 e. The molecule has 5 rings (SSSR count). The summed E-state index contributed by atoms with van der Waals surface area (Å²) in [6.07, 6.45) is 1.71. The third-order valence-corrected chi connectivity index (χ3v) is 4.90. The Bertz CT molecular complexity index is 1070. The summed E-state index contributed by atoms with van der Waals surface area (Å²) in [5, 5.41) is 9.68. The van der Waals surface area contributed by atoms with Crippen LogP contribution in [-0.2, 0) is 0 Å². The van der Waals surface area contributed by atoms with Crippen LogP contribution < -0.4 is 21.7 Å². The number of benzene rings is 3. The number of hydrogen-bond acceptors (Lipinski definition) is 4. The van der Waals surface area contributed by atoms with Crippen LogP contribution in [0.15, 0.2) is 79.0 Å². The quantitative estimate of drug-likeness (QED) is 0.488. The standard InChI is InChI=1S/C21H17BN4/c23-21-17(6-3-13-24-21)14-9-11-16(12-10-14)22-25-18-7-1-4-15-5-2-8-19(26-22)20(15)18/h1-13,25-26H,(H2,23,24). The fraction of sp³-hybridized carbons (Fsp3) is 0. The maximum atomic E-state index is 5.99. The minimum Gasteiger partial charge on any atom is -0.405 e. The molecule has 0 aliphatic carbocycles. The predicted octanol–water partition coefficient (Wildman–Crippen LogP) is 3.72. The highest BCUT2D eigenvalue weighted by molar-refractivity contribution is 6.80. The molecule has 124 valence electrons. The van der Waals surface area contributed by atoms with Gasteiger partial charge < -0.3 is 16.2 Å². The van der Waals surface area contributed by atoms with E-state index >= 15 is 0 Å². The van der Waals surface area contributed by atoms with Crippen LogP contribution in [0.25, 0.3) is 21.9 Å². The molecule has 0 saturated carbocycles. The number of nitrogens with two attached hydrogens (primary N) is 1. The minimum absolute atomic E-state index is 0.0239. The first kappa shape index (κ1) is 14.8. The first-order chi connectivity index (χ1) is 12.8. The summed E-state index contributed by atoms with van der Waals surface area (Å²) >= 11 is 0. The molecular formula is C21H17BN4. The zero-order valence-corrected chi connectivity index (χ0v) is 14.1. The zero-order valence-electron chi connectivity index (χ0n) is 14.1. The highest BCUT2D eigenvalue weighted by Gasteiger charge is 2.25. The molecule has 4 aromatic rings. The van der Waals surface area contributed by atoms with Gasteiger partial charge in [-0.05, 0) is 40.7 Å². The fourth-order valence-electron chi connectivity index (χ4n) is 3.61. The number of hydrogen-bond donors (Lipinski definition) is 3. The van der Waals surface area contributed by atoms with Crippen LogP contribution in [0.5, 0.6) is 0 Å². The maximum Gasteiger partial charge on any atom is 0.406 e. The monoisotopic (exact) mass is 336 g/mol. The molecule has 4 N–H and O–H groups in total. The molecule has 1 aromatic heterocycles. The van der Waals surface area contributed by atoms with E-state index in [0.29, 0.717) is 5.82 Å². The van der Waals surface area contributed by atoms with E-state index < -0.39 is 0 Å². The summed E-state index contributed by atoms with van der Waals surface area (Å²) in [6.45, 7) is 0.0239. The normalized spacial score (nSPS) is 12.5. The van der Waals surface area contributed by atoms with Gasteiger partial charge in [-0.1, -0.05) is 48.5 Å². The molecule has 2 heterocycles. The van der Waals surface area contributed by atoms with E-state index in [2.05, 4.69) is 76.1 Å². The summed E-state index contributed by atoms with van der Waals surface area (Å²) in [5.74, 6) is 0.551. The maximum absolute atomic E-state index is 5.99. The molecule has 1 aliphatic heterocycles. The lowest BCUT2D eigenvalue weighted by Crippen LogP contribution is -2.47. The Morgan fingerprint density at radius 1 is 0.769 bits per heavy atom. The Hall–Kier alpha value is -3.47. The first-order valence-electron chi connectivity index (χ1n) is 8.65. The molecule has 0 spiro atoms. The lowest BCUT2D eigenvalue weighted by atomic mass is 9.66. The van der Waals surface area contributed by atoms with Crippen molar-refractivity contribution in [1.82, 2.24) is 4.98 Å². The number of rotatable bonds is 2. The van der Waals surface area contributed by atoms with Gasteiger partial charge in [-0.3, -0.25) is 0 Å². The number of aromatic nitrogens is 1. The molecule has 0 unspecified atom stereocenters. The topological polar surface area (TPSA) is 63.0 Å². The number of nitrogen functional groups attached to an aromatic ring is 1. The average Bonchev–Trinajstić information content (AvgIpc) is 2.69. The summed E-state index contributed by atoms with van der Waals surface area (Å²) in [5.41, 5.74) is 11.5. The van der Waals surface area contributed by atoms with Crippen molar-refractivity contribution in [3.05, 3.63) is 79.0 Å². The second-order valence-corrected chi connectivity index (χ2v) is 6.49. The van der Waals surface area contributed by atoms with Crippen molar-refractivity contribution in [3.63, 3.8) is 0 Å². The van der Waals surface area contributed by atoms with Gasteiger partial charge in [0.25, 0.3) is 0 Å². The number of nitrogens with one attached hydrogen (secondary N) is 2. The Morgan fingerprint density at radius 2 is 1.46 bits per heavy atom. The fourth-order valence-corrected chi connectivity index (χ4v) is 3.61. The largest absolute Gasteiger partial charge is 0.406 e. The first-order valence-corrected chi connectivity index (χ1v) is 8.65. The van der Waals surface area contributed by atoms with Gasteiger partial charge in [0.2, 0.25) is 0 Å². The molecule has 0 bridgehead atoms. The third-order valence-electron chi connectivity index (χ3n) is 4.90. The zero-order chi connectivity index (χ0) is 17.5. The van der Waals surface area contributed by atoms with Crippen molar-refractivity contribution in [3.8, 4) is 11.1 Å². The van der Waals surface area contributed by atoms with Crippen LogP contribution in [0.4, 0.5) is 17.2 Å². The van der Waals surface area contributed by atoms with Gasteiger partial charge in [-0.2, -0.15) is 0 Å². The highest BCUT2D eigenvalue weighted by atomic mass is 15.0. The van der Waals surface area contributed by atoms with Gasteiger partial charge in [-0.25, -0.2) is 4.98 Å². The molecule has 1 aliphatic rings. The van der Waals surface area contributed by atoms with E-state index in [1.165, 1.54) is 16.2 Å². The second-order valence-electron chi connectivity index (χ2n) is 6.49. The van der Waals surface area contributed by atoms with Crippen molar-refractivity contribution >= 4 is 40.4 Å². The molecule has 4 nitrogen and oxygen atoms in total. The Morgan fingerprint density at radius 3 is 2.12 bits per heavy atom. The SMILES string of the molecule is Nc1ncccc1-c1ccc(B2Nc3cccc4cccc(c34)N2)cc1. The van der Waals surface area contributed by atoms with Gasteiger partial charge in [0.15, 0.2) is 0 Å². The molecule has 0 amide bonds. The van der Waals surface area contributed by atoms with E-state index in [-0.39, 0.29) is 6.98 Å². The summed E-state index contributed by atoms with van der Waals surface area (Å²) in [4.78, 5) is 4.17. The van der Waals surface area contributed by atoms with Crippen LogP contribution >= 0.6 is 0 Å². The van der Waals surface area contributed by atoms with E-state index in [4.69, 9.17) is 5.73 Å². The van der Waals surface area contributed by atoms with Crippen LogP contribution in [0.3, 0.4) is 0 Å². The van der Waals surface area contributed by atoms with Gasteiger partial charge in [0.05, 0.1) is 0 Å². The van der Waals surface area contributed by atoms with Crippen molar-refractivity contribution in [1.29, 1.82) is 0 Å². The minimum atomic E-state index is 0.0239. The summed E-state index contributed by atoms with van der Waals surface area (Å²) < 4.78 is 0. The Kier molecular flexibility index (Phi) is 3.32. The Balaban J connectivity index is 1.49. The van der Waals surface area contributed by atoms with Crippen molar-refractivity contribution in [2.75, 3.05) is 16.2 Å². The predicted molar refractivity (Wildman–Crippen MR) is 111 cm³/mol. The van der Waals surface area contributed by atoms with Gasteiger partial charge in [0.1, 0.15) is 5.82 Å². The van der Waals surface area contributed by atoms with Crippen molar-refractivity contribution in [2.45, 2.75) is 0 Å². The molecule has 5 heteroatoms. The van der Waals surface area contributed by atoms with Crippen LogP contribution in [0.2, 0.25) is 0 Å². The van der Waals surface area contributed by atoms with E-state index in [1.807, 2.05) is 12.1 Å². The average molecular weight is 336 g/mol. The molecule has 3 aromatic carbocycles. The highest BCUT2D eigenvalue weighted by Crippen LogP contribution is 2.33. The van der Waals surface area contributed by atoms with Crippen molar-refractivity contribution < 1.29 is 0 Å². The number of nitrogens with zero attached hydrogens (tertiary/aromatic N) is 1. The molecular weight excluding hydrogens is 319 g/mol. The van der Waals surface area contributed by atoms with Gasteiger partial charge in [0, 0.05) is 28.5 Å². The van der Waals surface area contributed by atoms with E-state index in [9.17, 15) is 0 Å². The molecule has 0 saturated heterocycles. The van der Waals surface area contributed by atoms with Crippen molar-refractivity contribution in [2.24, 2.45) is 0 Å².